The van der Waals surface area contributed by atoms with Gasteiger partial charge in [0.2, 0.25) is 0 Å². The predicted octanol–water partition coefficient (Wildman–Crippen LogP) is 0.889. The van der Waals surface area contributed by atoms with Crippen molar-refractivity contribution >= 4 is 0 Å². The Bertz CT molecular complexity index is 28.7. The van der Waals surface area contributed by atoms with Crippen LogP contribution in [0.3, 0.4) is 0 Å². The van der Waals surface area contributed by atoms with Crippen LogP contribution in [0.2, 0.25) is 0 Å². The molecule has 0 bridgehead atoms. The number of alkyl halides is 1. The normalized spacial score (nSPS) is 14.5. The number of halogens is 1. The van der Waals surface area contributed by atoms with Gasteiger partial charge in [0.1, 0.15) is 0 Å². The highest BCUT2D eigenvalue weighted by Crippen LogP contribution is 1.92. The van der Waals surface area contributed by atoms with E-state index in [9.17, 15) is 4.39 Å². The van der Waals surface area contributed by atoms with Crippen molar-refractivity contribution in [3.63, 3.8) is 0 Å². The van der Waals surface area contributed by atoms with Crippen LogP contribution < -0.4 is 0 Å². The first-order valence-electron chi connectivity index (χ1n) is 1.87. The van der Waals surface area contributed by atoms with Gasteiger partial charge in [-0.3, -0.25) is 0 Å². The van der Waals surface area contributed by atoms with E-state index in [4.69, 9.17) is 5.11 Å². The number of hydrogen-bond donors (Lipinski definition) is 1. The van der Waals surface area contributed by atoms with Gasteiger partial charge in [-0.15, -0.1) is 0 Å². The minimum atomic E-state index is -1.66. The molecule has 0 aliphatic rings. The lowest BCUT2D eigenvalue weighted by Crippen LogP contribution is -1.94. The molecule has 37 valence electrons. The summed E-state index contributed by atoms with van der Waals surface area (Å²) in [4.78, 5) is 0. The summed E-state index contributed by atoms with van der Waals surface area (Å²) in [5.41, 5.74) is 0. The maximum Gasteiger partial charge on any atom is 0.196 e. The van der Waals surface area contributed by atoms with Crippen molar-refractivity contribution in [3.05, 3.63) is 6.42 Å². The first-order chi connectivity index (χ1) is 2.77. The van der Waals surface area contributed by atoms with E-state index in [2.05, 4.69) is 0 Å². The number of rotatable bonds is 2. The van der Waals surface area contributed by atoms with Crippen molar-refractivity contribution in [1.82, 2.24) is 0 Å². The molecule has 0 saturated carbocycles. The molecule has 0 aromatic heterocycles. The van der Waals surface area contributed by atoms with E-state index >= 15 is 0 Å². The Labute approximate surface area is 36.8 Å². The maximum absolute atomic E-state index is 11.2. The van der Waals surface area contributed by atoms with Gasteiger partial charge >= 0.3 is 0 Å². The third-order valence-electron chi connectivity index (χ3n) is 0.430. The van der Waals surface area contributed by atoms with Gasteiger partial charge < -0.3 is 5.11 Å². The Kier molecular flexibility index (Phi) is 3.04. The van der Waals surface area contributed by atoms with Crippen molar-refractivity contribution in [3.8, 4) is 0 Å². The summed E-state index contributed by atoms with van der Waals surface area (Å²) < 4.78 is 11.2. The van der Waals surface area contributed by atoms with Crippen molar-refractivity contribution in [1.29, 1.82) is 0 Å². The molecule has 0 aliphatic carbocycles. The topological polar surface area (TPSA) is 20.2 Å². The van der Waals surface area contributed by atoms with Crippen LogP contribution in [0.5, 0.6) is 0 Å². The first-order valence-corrected chi connectivity index (χ1v) is 1.87. The third kappa shape index (κ3) is 3.89. The fraction of sp³-hybridized carbons (Fsp3) is 0.750. The Morgan fingerprint density at radius 1 is 2.00 bits per heavy atom. The van der Waals surface area contributed by atoms with Gasteiger partial charge in [0.25, 0.3) is 0 Å². The molecular weight excluding hydrogens is 83.0 g/mol. The second-order valence-electron chi connectivity index (χ2n) is 1.08. The van der Waals surface area contributed by atoms with E-state index in [1.54, 1.807) is 13.3 Å². The van der Waals surface area contributed by atoms with Gasteiger partial charge in [0.15, 0.2) is 6.36 Å². The zero-order valence-corrected chi connectivity index (χ0v) is 3.69. The molecule has 0 saturated heterocycles. The number of aliphatic hydroxyl groups is 1. The monoisotopic (exact) mass is 91.1 g/mol. The summed E-state index contributed by atoms with van der Waals surface area (Å²) in [6.45, 7) is 1.70. The molecule has 1 radical (unpaired) electrons. The average molecular weight is 91.1 g/mol. The fourth-order valence-corrected chi connectivity index (χ4v) is 0.194. The Hall–Kier alpha value is -0.110. The van der Waals surface area contributed by atoms with Gasteiger partial charge in [0, 0.05) is 6.42 Å². The quantitative estimate of drug-likeness (QED) is 0.535. The molecule has 2 heteroatoms. The van der Waals surface area contributed by atoms with E-state index in [1.807, 2.05) is 0 Å². The fourth-order valence-electron chi connectivity index (χ4n) is 0.194. The predicted molar refractivity (Wildman–Crippen MR) is 21.7 cm³/mol. The molecule has 0 aromatic carbocycles. The van der Waals surface area contributed by atoms with Crippen molar-refractivity contribution in [2.45, 2.75) is 19.7 Å². The molecule has 6 heavy (non-hydrogen) atoms. The second kappa shape index (κ2) is 3.09. The molecule has 1 N–H and O–H groups in total. The highest BCUT2D eigenvalue weighted by molar-refractivity contribution is 4.54. The highest BCUT2D eigenvalue weighted by atomic mass is 19.1. The Morgan fingerprint density at radius 3 is 2.50 bits per heavy atom. The molecule has 0 spiro atoms. The van der Waals surface area contributed by atoms with Gasteiger partial charge in [-0.25, -0.2) is 4.39 Å². The van der Waals surface area contributed by atoms with Crippen LogP contribution in [-0.2, 0) is 0 Å². The smallest absolute Gasteiger partial charge is 0.196 e. The maximum atomic E-state index is 11.2. The Morgan fingerprint density at radius 2 is 2.50 bits per heavy atom. The zero-order chi connectivity index (χ0) is 4.99. The lowest BCUT2D eigenvalue weighted by Gasteiger charge is -1.91. The standard InChI is InChI=1S/C4H8FO/c1-2-3-4(5)6/h2,4,6H,3H2,1H3. The second-order valence-corrected chi connectivity index (χ2v) is 1.08. The third-order valence-corrected chi connectivity index (χ3v) is 0.430. The van der Waals surface area contributed by atoms with E-state index in [-0.39, 0.29) is 6.42 Å². The summed E-state index contributed by atoms with van der Waals surface area (Å²) in [6.07, 6.45) is 0.0556. The first kappa shape index (κ1) is 5.89. The van der Waals surface area contributed by atoms with Crippen molar-refractivity contribution < 1.29 is 9.50 Å². The molecular formula is C4H8FO. The molecule has 1 atom stereocenters. The molecule has 0 amide bonds. The minimum Gasteiger partial charge on any atom is -0.364 e. The molecule has 0 aliphatic heterocycles. The van der Waals surface area contributed by atoms with Crippen LogP contribution in [0, 0.1) is 6.42 Å². The molecule has 0 rings (SSSR count). The van der Waals surface area contributed by atoms with E-state index in [0.29, 0.717) is 0 Å². The van der Waals surface area contributed by atoms with Crippen molar-refractivity contribution in [2.75, 3.05) is 0 Å². The summed E-state index contributed by atoms with van der Waals surface area (Å²) in [5, 5.41) is 7.85. The molecule has 0 aromatic rings. The minimum absolute atomic E-state index is 0.139. The van der Waals surface area contributed by atoms with Gasteiger partial charge in [0.05, 0.1) is 0 Å². The number of aliphatic hydroxyl groups excluding tert-OH is 1. The lowest BCUT2D eigenvalue weighted by molar-refractivity contribution is 0.0422. The van der Waals surface area contributed by atoms with Crippen LogP contribution in [0.15, 0.2) is 0 Å². The summed E-state index contributed by atoms with van der Waals surface area (Å²) in [5.74, 6) is 0. The van der Waals surface area contributed by atoms with Crippen LogP contribution in [0.1, 0.15) is 13.3 Å². The largest absolute Gasteiger partial charge is 0.364 e. The lowest BCUT2D eigenvalue weighted by atomic mass is 10.3. The summed E-state index contributed by atoms with van der Waals surface area (Å²) >= 11 is 0. The Balaban J connectivity index is 2.63. The summed E-state index contributed by atoms with van der Waals surface area (Å²) in [7, 11) is 0. The number of hydrogen-bond acceptors (Lipinski definition) is 1. The van der Waals surface area contributed by atoms with Crippen LogP contribution in [-0.4, -0.2) is 11.5 Å². The molecule has 0 heterocycles. The zero-order valence-electron chi connectivity index (χ0n) is 3.69. The van der Waals surface area contributed by atoms with E-state index in [0.717, 1.165) is 0 Å². The van der Waals surface area contributed by atoms with Gasteiger partial charge in [-0.1, -0.05) is 6.92 Å². The van der Waals surface area contributed by atoms with E-state index in [1.165, 1.54) is 0 Å². The highest BCUT2D eigenvalue weighted by Gasteiger charge is 1.92. The molecule has 0 fully saturated rings. The van der Waals surface area contributed by atoms with Gasteiger partial charge in [-0.05, 0) is 6.42 Å². The summed E-state index contributed by atoms with van der Waals surface area (Å²) in [6, 6.07) is 0. The molecule has 1 nitrogen and oxygen atoms in total. The van der Waals surface area contributed by atoms with Crippen LogP contribution in [0.4, 0.5) is 4.39 Å². The van der Waals surface area contributed by atoms with Crippen LogP contribution >= 0.6 is 0 Å². The van der Waals surface area contributed by atoms with Gasteiger partial charge in [-0.2, -0.15) is 0 Å². The average Bonchev–Trinajstić information content (AvgIpc) is 1.35. The van der Waals surface area contributed by atoms with Crippen molar-refractivity contribution in [2.24, 2.45) is 0 Å². The van der Waals surface area contributed by atoms with Crippen LogP contribution in [0.25, 0.3) is 0 Å². The SMILES string of the molecule is C[CH]CC(O)F. The van der Waals surface area contributed by atoms with E-state index < -0.39 is 6.36 Å². The molecule has 1 unspecified atom stereocenters.